The summed E-state index contributed by atoms with van der Waals surface area (Å²) in [4.78, 5) is 25.0. The van der Waals surface area contributed by atoms with E-state index < -0.39 is 5.97 Å². The summed E-state index contributed by atoms with van der Waals surface area (Å²) < 4.78 is 4.67. The summed E-state index contributed by atoms with van der Waals surface area (Å²) in [6.45, 7) is 0.288. The molecule has 0 saturated carbocycles. The lowest BCUT2D eigenvalue weighted by Gasteiger charge is -2.14. The predicted molar refractivity (Wildman–Crippen MR) is 106 cm³/mol. The Kier molecular flexibility index (Phi) is 6.35. The highest BCUT2D eigenvalue weighted by Gasteiger charge is 2.19. The monoisotopic (exact) mass is 381 g/mol. The van der Waals surface area contributed by atoms with Crippen molar-refractivity contribution in [1.29, 1.82) is 0 Å². The van der Waals surface area contributed by atoms with Crippen LogP contribution in [-0.2, 0) is 9.53 Å². The van der Waals surface area contributed by atoms with Crippen LogP contribution in [0.2, 0.25) is 0 Å². The van der Waals surface area contributed by atoms with Gasteiger partial charge >= 0.3 is 5.97 Å². The minimum absolute atomic E-state index is 0.0821. The molecule has 3 aromatic rings. The number of methoxy groups -OCH3 is 1. The summed E-state index contributed by atoms with van der Waals surface area (Å²) in [5, 5.41) is 6.93. The van der Waals surface area contributed by atoms with Crippen LogP contribution in [0.3, 0.4) is 0 Å². The Morgan fingerprint density at radius 3 is 2.41 bits per heavy atom. The maximum atomic E-state index is 12.4. The second-order valence-electron chi connectivity index (χ2n) is 5.96. The van der Waals surface area contributed by atoms with E-state index in [1.54, 1.807) is 35.6 Å². The molecule has 0 unspecified atom stereocenters. The SMILES string of the molecule is COC(=O)c1ccc(NC(=O)C[NH2+][C@@H](c2ccccc2)c2cccs2)cc1. The van der Waals surface area contributed by atoms with E-state index in [4.69, 9.17) is 0 Å². The number of nitrogens with one attached hydrogen (secondary N) is 1. The van der Waals surface area contributed by atoms with Crippen LogP contribution in [0.5, 0.6) is 0 Å². The summed E-state index contributed by atoms with van der Waals surface area (Å²) in [5.41, 5.74) is 2.26. The number of quaternary nitrogens is 1. The zero-order valence-electron chi connectivity index (χ0n) is 14.9. The van der Waals surface area contributed by atoms with Crippen LogP contribution < -0.4 is 10.6 Å². The van der Waals surface area contributed by atoms with Crippen molar-refractivity contribution in [1.82, 2.24) is 0 Å². The van der Waals surface area contributed by atoms with Crippen LogP contribution in [0.25, 0.3) is 0 Å². The minimum atomic E-state index is -0.400. The lowest BCUT2D eigenvalue weighted by atomic mass is 10.1. The Morgan fingerprint density at radius 2 is 1.78 bits per heavy atom. The summed E-state index contributed by atoms with van der Waals surface area (Å²) in [6.07, 6.45) is 0. The summed E-state index contributed by atoms with van der Waals surface area (Å²) in [5.74, 6) is -0.499. The zero-order valence-corrected chi connectivity index (χ0v) is 15.7. The average molecular weight is 381 g/mol. The smallest absolute Gasteiger partial charge is 0.337 e. The van der Waals surface area contributed by atoms with Crippen LogP contribution in [-0.4, -0.2) is 25.5 Å². The highest BCUT2D eigenvalue weighted by molar-refractivity contribution is 7.10. The highest BCUT2D eigenvalue weighted by Crippen LogP contribution is 2.22. The quantitative estimate of drug-likeness (QED) is 0.618. The first-order valence-corrected chi connectivity index (χ1v) is 9.45. The molecule has 0 aliphatic carbocycles. The molecule has 1 heterocycles. The van der Waals surface area contributed by atoms with Crippen LogP contribution in [0.1, 0.15) is 26.8 Å². The maximum absolute atomic E-state index is 12.4. The molecule has 1 atom stereocenters. The van der Waals surface area contributed by atoms with Crippen molar-refractivity contribution in [3.8, 4) is 0 Å². The number of anilines is 1. The lowest BCUT2D eigenvalue weighted by molar-refractivity contribution is -0.675. The molecule has 0 aliphatic heterocycles. The first-order chi connectivity index (χ1) is 13.2. The first kappa shape index (κ1) is 18.8. The fourth-order valence-electron chi connectivity index (χ4n) is 2.79. The molecule has 6 heteroatoms. The number of nitrogens with two attached hydrogens (primary N) is 1. The molecule has 0 bridgehead atoms. The summed E-state index contributed by atoms with van der Waals surface area (Å²) in [7, 11) is 1.34. The zero-order chi connectivity index (χ0) is 19.1. The molecule has 1 amide bonds. The lowest BCUT2D eigenvalue weighted by Crippen LogP contribution is -2.87. The van der Waals surface area contributed by atoms with Gasteiger partial charge in [0.2, 0.25) is 0 Å². The number of hydrogen-bond acceptors (Lipinski definition) is 4. The Balaban J connectivity index is 1.62. The summed E-state index contributed by atoms with van der Waals surface area (Å²) in [6, 6.07) is 21.0. The molecular weight excluding hydrogens is 360 g/mol. The third-order valence-corrected chi connectivity index (χ3v) is 5.09. The van der Waals surface area contributed by atoms with Crippen LogP contribution >= 0.6 is 11.3 Å². The number of thiophene rings is 1. The highest BCUT2D eigenvalue weighted by atomic mass is 32.1. The van der Waals surface area contributed by atoms with Gasteiger partial charge in [0.05, 0.1) is 17.6 Å². The largest absolute Gasteiger partial charge is 0.465 e. The third-order valence-electron chi connectivity index (χ3n) is 4.14. The maximum Gasteiger partial charge on any atom is 0.337 e. The molecule has 3 N–H and O–H groups in total. The van der Waals surface area contributed by atoms with Gasteiger partial charge in [-0.2, -0.15) is 0 Å². The number of carbonyl (C=O) groups excluding carboxylic acids is 2. The van der Waals surface area contributed by atoms with E-state index in [0.717, 1.165) is 5.56 Å². The Bertz CT molecular complexity index is 878. The second-order valence-corrected chi connectivity index (χ2v) is 6.94. The van der Waals surface area contributed by atoms with E-state index in [1.165, 1.54) is 12.0 Å². The third kappa shape index (κ3) is 5.03. The number of rotatable bonds is 7. The van der Waals surface area contributed by atoms with E-state index in [9.17, 15) is 9.59 Å². The Labute approximate surface area is 162 Å². The standard InChI is InChI=1S/C21H20N2O3S/c1-26-21(25)16-9-11-17(12-10-16)23-19(24)14-22-20(18-8-5-13-27-18)15-6-3-2-4-7-15/h2-13,20,22H,14H2,1H3,(H,23,24)/p+1/t20-/m0/s1. The fourth-order valence-corrected chi connectivity index (χ4v) is 3.64. The van der Waals surface area contributed by atoms with Crippen molar-refractivity contribution in [2.24, 2.45) is 0 Å². The topological polar surface area (TPSA) is 72.0 Å². The van der Waals surface area contributed by atoms with Crippen molar-refractivity contribution >= 4 is 28.9 Å². The van der Waals surface area contributed by atoms with Gasteiger partial charge in [0, 0.05) is 11.3 Å². The number of esters is 1. The predicted octanol–water partition coefficient (Wildman–Crippen LogP) is 2.83. The van der Waals surface area contributed by atoms with E-state index >= 15 is 0 Å². The van der Waals surface area contributed by atoms with Crippen LogP contribution in [0, 0.1) is 0 Å². The van der Waals surface area contributed by atoms with Crippen molar-refractivity contribution in [2.45, 2.75) is 6.04 Å². The van der Waals surface area contributed by atoms with Gasteiger partial charge in [0.25, 0.3) is 5.91 Å². The minimum Gasteiger partial charge on any atom is -0.465 e. The van der Waals surface area contributed by atoms with E-state index in [1.807, 2.05) is 35.0 Å². The second kappa shape index (κ2) is 9.12. The van der Waals surface area contributed by atoms with Gasteiger partial charge in [0.15, 0.2) is 6.54 Å². The first-order valence-electron chi connectivity index (χ1n) is 8.57. The molecule has 2 aromatic carbocycles. The molecule has 138 valence electrons. The number of ether oxygens (including phenoxy) is 1. The van der Waals surface area contributed by atoms with Crippen LogP contribution in [0.15, 0.2) is 72.1 Å². The summed E-state index contributed by atoms with van der Waals surface area (Å²) >= 11 is 1.68. The number of amides is 1. The average Bonchev–Trinajstić information content (AvgIpc) is 3.23. The van der Waals surface area contributed by atoms with Gasteiger partial charge < -0.3 is 15.4 Å². The Hall–Kier alpha value is -2.96. The molecule has 0 fully saturated rings. The van der Waals surface area contributed by atoms with E-state index in [0.29, 0.717) is 11.3 Å². The number of benzene rings is 2. The van der Waals surface area contributed by atoms with Crippen molar-refractivity contribution < 1.29 is 19.6 Å². The fraction of sp³-hybridized carbons (Fsp3) is 0.143. The molecule has 27 heavy (non-hydrogen) atoms. The van der Waals surface area contributed by atoms with Gasteiger partial charge in [-0.3, -0.25) is 4.79 Å². The molecule has 1 aromatic heterocycles. The Morgan fingerprint density at radius 1 is 1.04 bits per heavy atom. The van der Waals surface area contributed by atoms with Crippen molar-refractivity contribution in [3.63, 3.8) is 0 Å². The van der Waals surface area contributed by atoms with Crippen molar-refractivity contribution in [3.05, 3.63) is 88.1 Å². The van der Waals surface area contributed by atoms with Gasteiger partial charge in [0.1, 0.15) is 6.04 Å². The molecular formula is C21H21N2O3S+. The van der Waals surface area contributed by atoms with Crippen LogP contribution in [0.4, 0.5) is 5.69 Å². The molecule has 0 spiro atoms. The van der Waals surface area contributed by atoms with Gasteiger partial charge in [-0.05, 0) is 35.7 Å². The molecule has 0 radical (unpaired) electrons. The molecule has 5 nitrogen and oxygen atoms in total. The van der Waals surface area contributed by atoms with E-state index in [2.05, 4.69) is 28.3 Å². The van der Waals surface area contributed by atoms with E-state index in [-0.39, 0.29) is 18.5 Å². The molecule has 0 saturated heterocycles. The van der Waals surface area contributed by atoms with Gasteiger partial charge in [-0.25, -0.2) is 4.79 Å². The van der Waals surface area contributed by atoms with Crippen molar-refractivity contribution in [2.75, 3.05) is 19.0 Å². The number of hydrogen-bond donors (Lipinski definition) is 2. The molecule has 3 rings (SSSR count). The van der Waals surface area contributed by atoms with Gasteiger partial charge in [-0.15, -0.1) is 11.3 Å². The molecule has 0 aliphatic rings. The normalized spacial score (nSPS) is 11.6. The number of carbonyl (C=O) groups is 2. The van der Waals surface area contributed by atoms with Gasteiger partial charge in [-0.1, -0.05) is 36.4 Å².